The van der Waals surface area contributed by atoms with E-state index in [1.54, 1.807) is 13.3 Å². The summed E-state index contributed by atoms with van der Waals surface area (Å²) in [5.41, 5.74) is 0.967. The summed E-state index contributed by atoms with van der Waals surface area (Å²) >= 11 is 0. The minimum atomic E-state index is -0.000265. The summed E-state index contributed by atoms with van der Waals surface area (Å²) in [4.78, 5) is 15.8. The van der Waals surface area contributed by atoms with Crippen LogP contribution in [0.2, 0.25) is 0 Å². The zero-order chi connectivity index (χ0) is 14.9. The summed E-state index contributed by atoms with van der Waals surface area (Å²) in [6.07, 6.45) is 4.41. The molecule has 21 heavy (non-hydrogen) atoms. The van der Waals surface area contributed by atoms with Gasteiger partial charge in [0.1, 0.15) is 0 Å². The Morgan fingerprint density at radius 1 is 1.48 bits per heavy atom. The summed E-state index contributed by atoms with van der Waals surface area (Å²) in [7, 11) is 1.57. The van der Waals surface area contributed by atoms with Crippen LogP contribution in [0.4, 0.5) is 0 Å². The number of amides is 1. The Labute approximate surface area is 125 Å². The van der Waals surface area contributed by atoms with Crippen LogP contribution < -0.4 is 15.4 Å². The maximum atomic E-state index is 11.8. The van der Waals surface area contributed by atoms with Crippen LogP contribution in [0, 0.1) is 0 Å². The fourth-order valence-corrected chi connectivity index (χ4v) is 2.24. The number of carbonyl (C=O) groups excluding carboxylic acids is 1. The SMILES string of the molecule is COc1cc(CNC(=O)CCOC2CCNCC2)ccn1. The van der Waals surface area contributed by atoms with Crippen molar-refractivity contribution >= 4 is 5.91 Å². The molecule has 1 aromatic rings. The van der Waals surface area contributed by atoms with Gasteiger partial charge < -0.3 is 20.1 Å². The van der Waals surface area contributed by atoms with E-state index >= 15 is 0 Å². The summed E-state index contributed by atoms with van der Waals surface area (Å²) in [6.45, 7) is 2.96. The first-order valence-electron chi connectivity index (χ1n) is 7.36. The molecule has 1 aliphatic heterocycles. The lowest BCUT2D eigenvalue weighted by molar-refractivity contribution is -0.122. The molecule has 0 saturated carbocycles. The number of ether oxygens (including phenoxy) is 2. The topological polar surface area (TPSA) is 72.5 Å². The van der Waals surface area contributed by atoms with Crippen molar-refractivity contribution in [2.45, 2.75) is 31.9 Å². The minimum Gasteiger partial charge on any atom is -0.481 e. The normalized spacial score (nSPS) is 15.7. The van der Waals surface area contributed by atoms with Crippen molar-refractivity contribution in [3.8, 4) is 5.88 Å². The molecule has 1 aromatic heterocycles. The largest absolute Gasteiger partial charge is 0.481 e. The Morgan fingerprint density at radius 3 is 3.05 bits per heavy atom. The van der Waals surface area contributed by atoms with Crippen molar-refractivity contribution < 1.29 is 14.3 Å². The molecule has 0 aliphatic carbocycles. The third-order valence-electron chi connectivity index (χ3n) is 3.47. The molecule has 1 amide bonds. The average molecular weight is 293 g/mol. The van der Waals surface area contributed by atoms with Crippen molar-refractivity contribution in [1.29, 1.82) is 0 Å². The number of methoxy groups -OCH3 is 1. The molecule has 2 heterocycles. The van der Waals surface area contributed by atoms with E-state index in [0.29, 0.717) is 31.6 Å². The second-order valence-corrected chi connectivity index (χ2v) is 5.05. The predicted octanol–water partition coefficient (Wildman–Crippen LogP) is 0.865. The first-order chi connectivity index (χ1) is 10.3. The Morgan fingerprint density at radius 2 is 2.29 bits per heavy atom. The van der Waals surface area contributed by atoms with E-state index in [9.17, 15) is 4.79 Å². The third-order valence-corrected chi connectivity index (χ3v) is 3.47. The van der Waals surface area contributed by atoms with Crippen LogP contribution >= 0.6 is 0 Å². The fraction of sp³-hybridized carbons (Fsp3) is 0.600. The molecule has 1 saturated heterocycles. The van der Waals surface area contributed by atoms with Gasteiger partial charge in [-0.05, 0) is 37.6 Å². The van der Waals surface area contributed by atoms with Gasteiger partial charge in [-0.2, -0.15) is 0 Å². The third kappa shape index (κ3) is 5.69. The number of aromatic nitrogens is 1. The van der Waals surface area contributed by atoms with Crippen LogP contribution in [-0.2, 0) is 16.1 Å². The quantitative estimate of drug-likeness (QED) is 0.780. The van der Waals surface area contributed by atoms with E-state index in [1.165, 1.54) is 0 Å². The zero-order valence-electron chi connectivity index (χ0n) is 12.4. The van der Waals surface area contributed by atoms with Crippen molar-refractivity contribution in [2.24, 2.45) is 0 Å². The Balaban J connectivity index is 1.62. The molecule has 6 nitrogen and oxygen atoms in total. The number of hydrogen-bond acceptors (Lipinski definition) is 5. The second kappa shape index (κ2) is 8.59. The van der Waals surface area contributed by atoms with Crippen molar-refractivity contribution in [3.63, 3.8) is 0 Å². The highest BCUT2D eigenvalue weighted by molar-refractivity contribution is 5.75. The van der Waals surface area contributed by atoms with Gasteiger partial charge in [-0.25, -0.2) is 4.98 Å². The standard InChI is InChI=1S/C15H23N3O3/c1-20-15-10-12(2-8-17-15)11-18-14(19)5-9-21-13-3-6-16-7-4-13/h2,8,10,13,16H,3-7,9,11H2,1H3,(H,18,19). The predicted molar refractivity (Wildman–Crippen MR) is 79.1 cm³/mol. The van der Waals surface area contributed by atoms with Gasteiger partial charge in [-0.3, -0.25) is 4.79 Å². The molecule has 2 rings (SSSR count). The van der Waals surface area contributed by atoms with Crippen molar-refractivity contribution in [3.05, 3.63) is 23.9 Å². The number of rotatable bonds is 7. The first kappa shape index (κ1) is 15.7. The van der Waals surface area contributed by atoms with E-state index in [0.717, 1.165) is 31.5 Å². The van der Waals surface area contributed by atoms with Crippen LogP contribution in [0.3, 0.4) is 0 Å². The molecule has 0 bridgehead atoms. The van der Waals surface area contributed by atoms with Gasteiger partial charge in [-0.15, -0.1) is 0 Å². The maximum absolute atomic E-state index is 11.8. The number of carbonyl (C=O) groups is 1. The summed E-state index contributed by atoms with van der Waals surface area (Å²) in [6, 6.07) is 3.67. The van der Waals surface area contributed by atoms with Crippen LogP contribution in [-0.4, -0.2) is 43.8 Å². The summed E-state index contributed by atoms with van der Waals surface area (Å²) in [5.74, 6) is 0.552. The molecular formula is C15H23N3O3. The fourth-order valence-electron chi connectivity index (χ4n) is 2.24. The number of nitrogens with one attached hydrogen (secondary N) is 2. The van der Waals surface area contributed by atoms with Crippen LogP contribution in [0.25, 0.3) is 0 Å². The molecule has 0 unspecified atom stereocenters. The highest BCUT2D eigenvalue weighted by atomic mass is 16.5. The average Bonchev–Trinajstić information content (AvgIpc) is 2.54. The molecular weight excluding hydrogens is 270 g/mol. The highest BCUT2D eigenvalue weighted by Gasteiger charge is 2.13. The Bertz CT molecular complexity index is 448. The molecule has 0 atom stereocenters. The summed E-state index contributed by atoms with van der Waals surface area (Å²) < 4.78 is 10.8. The lowest BCUT2D eigenvalue weighted by atomic mass is 10.1. The van der Waals surface area contributed by atoms with Gasteiger partial charge in [0.25, 0.3) is 0 Å². The number of hydrogen-bond donors (Lipinski definition) is 2. The zero-order valence-corrected chi connectivity index (χ0v) is 12.4. The van der Waals surface area contributed by atoms with Crippen LogP contribution in [0.15, 0.2) is 18.3 Å². The molecule has 0 radical (unpaired) electrons. The van der Waals surface area contributed by atoms with E-state index in [1.807, 2.05) is 12.1 Å². The second-order valence-electron chi connectivity index (χ2n) is 5.05. The molecule has 0 aromatic carbocycles. The number of nitrogens with zero attached hydrogens (tertiary/aromatic N) is 1. The molecule has 0 spiro atoms. The van der Waals surface area contributed by atoms with Crippen LogP contribution in [0.5, 0.6) is 5.88 Å². The lowest BCUT2D eigenvalue weighted by Crippen LogP contribution is -2.33. The van der Waals surface area contributed by atoms with Gasteiger partial charge in [0.2, 0.25) is 11.8 Å². The Hall–Kier alpha value is -1.66. The molecule has 6 heteroatoms. The number of piperidine rings is 1. The minimum absolute atomic E-state index is 0.000265. The Kier molecular flexibility index (Phi) is 6.43. The van der Waals surface area contributed by atoms with E-state index in [-0.39, 0.29) is 5.91 Å². The lowest BCUT2D eigenvalue weighted by Gasteiger charge is -2.22. The molecule has 2 N–H and O–H groups in total. The van der Waals surface area contributed by atoms with Gasteiger partial charge in [0.05, 0.1) is 19.8 Å². The summed E-state index contributed by atoms with van der Waals surface area (Å²) in [5, 5.41) is 6.16. The van der Waals surface area contributed by atoms with Crippen LogP contribution in [0.1, 0.15) is 24.8 Å². The van der Waals surface area contributed by atoms with Gasteiger partial charge in [0, 0.05) is 25.2 Å². The van der Waals surface area contributed by atoms with E-state index in [2.05, 4.69) is 15.6 Å². The van der Waals surface area contributed by atoms with Crippen molar-refractivity contribution in [1.82, 2.24) is 15.6 Å². The smallest absolute Gasteiger partial charge is 0.222 e. The van der Waals surface area contributed by atoms with Gasteiger partial charge in [-0.1, -0.05) is 0 Å². The maximum Gasteiger partial charge on any atom is 0.222 e. The van der Waals surface area contributed by atoms with Gasteiger partial charge in [0.15, 0.2) is 0 Å². The molecule has 1 fully saturated rings. The highest BCUT2D eigenvalue weighted by Crippen LogP contribution is 2.09. The van der Waals surface area contributed by atoms with E-state index < -0.39 is 0 Å². The molecule has 1 aliphatic rings. The van der Waals surface area contributed by atoms with Crippen molar-refractivity contribution in [2.75, 3.05) is 26.8 Å². The molecule has 116 valence electrons. The number of pyridine rings is 1. The first-order valence-corrected chi connectivity index (χ1v) is 7.36. The van der Waals surface area contributed by atoms with Gasteiger partial charge >= 0.3 is 0 Å². The monoisotopic (exact) mass is 293 g/mol. The van der Waals surface area contributed by atoms with E-state index in [4.69, 9.17) is 9.47 Å².